The average molecular weight is 283 g/mol. The fraction of sp³-hybridized carbons (Fsp3) is 0.125. The highest BCUT2D eigenvalue weighted by atomic mass is 16.5. The number of methoxy groups -OCH3 is 1. The zero-order chi connectivity index (χ0) is 15.2. The molecule has 0 aliphatic carbocycles. The van der Waals surface area contributed by atoms with E-state index in [1.165, 1.54) is 13.2 Å². The van der Waals surface area contributed by atoms with E-state index in [1.807, 2.05) is 6.07 Å². The zero-order valence-corrected chi connectivity index (χ0v) is 11.4. The molecule has 0 heterocycles. The van der Waals surface area contributed by atoms with Gasteiger partial charge in [0.1, 0.15) is 18.1 Å². The van der Waals surface area contributed by atoms with Crippen molar-refractivity contribution < 1.29 is 19.4 Å². The summed E-state index contributed by atoms with van der Waals surface area (Å²) < 4.78 is 10.9. The number of hydrogen-bond acceptors (Lipinski definition) is 5. The minimum atomic E-state index is -0.103. The number of aliphatic hydroxyl groups excluding tert-OH is 1. The Morgan fingerprint density at radius 1 is 1.19 bits per heavy atom. The Hall–Kier alpha value is -2.84. The number of rotatable bonds is 5. The van der Waals surface area contributed by atoms with Gasteiger partial charge in [-0.25, -0.2) is 0 Å². The van der Waals surface area contributed by atoms with Gasteiger partial charge in [0.15, 0.2) is 11.5 Å². The third-order valence-electron chi connectivity index (χ3n) is 2.89. The van der Waals surface area contributed by atoms with E-state index in [1.54, 1.807) is 30.3 Å². The maximum atomic E-state index is 10.7. The number of aliphatic hydroxyl groups is 1. The van der Waals surface area contributed by atoms with Crippen LogP contribution in [-0.4, -0.2) is 18.5 Å². The molecule has 106 valence electrons. The monoisotopic (exact) mass is 283 g/mol. The lowest BCUT2D eigenvalue weighted by Gasteiger charge is -2.12. The number of benzene rings is 2. The average Bonchev–Trinajstić information content (AvgIpc) is 2.55. The molecule has 0 aromatic heterocycles. The van der Waals surface area contributed by atoms with Crippen LogP contribution in [0.5, 0.6) is 17.2 Å². The van der Waals surface area contributed by atoms with Crippen molar-refractivity contribution in [2.45, 2.75) is 6.61 Å². The summed E-state index contributed by atoms with van der Waals surface area (Å²) in [6.07, 6.45) is 0.668. The normalized spacial score (nSPS) is 9.76. The molecule has 5 heteroatoms. The van der Waals surface area contributed by atoms with Gasteiger partial charge in [-0.15, -0.1) is 0 Å². The standard InChI is InChI=1S/C16H13NO4/c1-20-16-7-12(10-19)3-5-15(16)21-14-4-2-11(9-18)6-13(14)8-17/h2-7,9,19H,10H2,1H3. The first-order chi connectivity index (χ1) is 10.2. The van der Waals surface area contributed by atoms with Crippen LogP contribution in [0.4, 0.5) is 0 Å². The summed E-state index contributed by atoms with van der Waals surface area (Å²) in [5.74, 6) is 1.20. The largest absolute Gasteiger partial charge is 0.493 e. The lowest BCUT2D eigenvalue weighted by atomic mass is 10.1. The Balaban J connectivity index is 2.38. The zero-order valence-electron chi connectivity index (χ0n) is 11.4. The van der Waals surface area contributed by atoms with Crippen LogP contribution in [0.25, 0.3) is 0 Å². The van der Waals surface area contributed by atoms with Crippen molar-refractivity contribution in [3.8, 4) is 23.3 Å². The first-order valence-corrected chi connectivity index (χ1v) is 6.16. The molecule has 0 amide bonds. The Morgan fingerprint density at radius 3 is 2.57 bits per heavy atom. The quantitative estimate of drug-likeness (QED) is 0.853. The molecular weight excluding hydrogens is 270 g/mol. The second-order valence-corrected chi connectivity index (χ2v) is 4.23. The summed E-state index contributed by atoms with van der Waals surface area (Å²) in [5.41, 5.74) is 1.35. The summed E-state index contributed by atoms with van der Waals surface area (Å²) in [5, 5.41) is 18.2. The topological polar surface area (TPSA) is 79.5 Å². The van der Waals surface area contributed by atoms with E-state index in [9.17, 15) is 4.79 Å². The van der Waals surface area contributed by atoms with Gasteiger partial charge in [-0.2, -0.15) is 5.26 Å². The van der Waals surface area contributed by atoms with Crippen molar-refractivity contribution in [1.82, 2.24) is 0 Å². The molecule has 0 aliphatic rings. The van der Waals surface area contributed by atoms with Gasteiger partial charge in [0, 0.05) is 5.56 Å². The SMILES string of the molecule is COc1cc(CO)ccc1Oc1ccc(C=O)cc1C#N. The summed E-state index contributed by atoms with van der Waals surface area (Å²) in [7, 11) is 1.49. The number of ether oxygens (including phenoxy) is 2. The molecule has 2 aromatic rings. The molecular formula is C16H13NO4. The summed E-state index contributed by atoms with van der Waals surface area (Å²) in [4.78, 5) is 10.7. The van der Waals surface area contributed by atoms with Crippen molar-refractivity contribution in [1.29, 1.82) is 5.26 Å². The molecule has 1 N–H and O–H groups in total. The van der Waals surface area contributed by atoms with Gasteiger partial charge < -0.3 is 14.6 Å². The van der Waals surface area contributed by atoms with Crippen LogP contribution in [0.3, 0.4) is 0 Å². The van der Waals surface area contributed by atoms with E-state index in [0.29, 0.717) is 34.7 Å². The molecule has 0 unspecified atom stereocenters. The van der Waals surface area contributed by atoms with E-state index in [0.717, 1.165) is 0 Å². The molecule has 0 saturated carbocycles. The Bertz CT molecular complexity index is 704. The van der Waals surface area contributed by atoms with Gasteiger partial charge in [0.2, 0.25) is 0 Å². The van der Waals surface area contributed by atoms with Crippen molar-refractivity contribution in [3.63, 3.8) is 0 Å². The number of hydrogen-bond donors (Lipinski definition) is 1. The predicted molar refractivity (Wildman–Crippen MR) is 75.5 cm³/mol. The van der Waals surface area contributed by atoms with E-state index in [2.05, 4.69) is 0 Å². The van der Waals surface area contributed by atoms with Gasteiger partial charge in [0.05, 0.1) is 19.3 Å². The molecule has 0 aliphatic heterocycles. The smallest absolute Gasteiger partial charge is 0.169 e. The Morgan fingerprint density at radius 2 is 1.95 bits per heavy atom. The van der Waals surface area contributed by atoms with Crippen LogP contribution in [0.2, 0.25) is 0 Å². The fourth-order valence-electron chi connectivity index (χ4n) is 1.81. The number of carbonyl (C=O) groups excluding carboxylic acids is 1. The summed E-state index contributed by atoms with van der Waals surface area (Å²) in [6.45, 7) is -0.103. The van der Waals surface area contributed by atoms with E-state index in [4.69, 9.17) is 19.8 Å². The predicted octanol–water partition coefficient (Wildman–Crippen LogP) is 2.66. The summed E-state index contributed by atoms with van der Waals surface area (Å²) in [6, 6.07) is 11.6. The molecule has 5 nitrogen and oxygen atoms in total. The molecule has 0 radical (unpaired) electrons. The number of nitrogens with zero attached hydrogens (tertiary/aromatic N) is 1. The van der Waals surface area contributed by atoms with Gasteiger partial charge in [-0.1, -0.05) is 6.07 Å². The van der Waals surface area contributed by atoms with Crippen LogP contribution in [-0.2, 0) is 6.61 Å². The second kappa shape index (κ2) is 6.55. The van der Waals surface area contributed by atoms with E-state index in [-0.39, 0.29) is 12.2 Å². The molecule has 2 aromatic carbocycles. The highest BCUT2D eigenvalue weighted by molar-refractivity contribution is 5.76. The molecule has 2 rings (SSSR count). The number of carbonyl (C=O) groups is 1. The molecule has 21 heavy (non-hydrogen) atoms. The highest BCUT2D eigenvalue weighted by Crippen LogP contribution is 2.33. The van der Waals surface area contributed by atoms with Gasteiger partial charge in [-0.05, 0) is 35.9 Å². The maximum absolute atomic E-state index is 10.7. The lowest BCUT2D eigenvalue weighted by Crippen LogP contribution is -1.95. The van der Waals surface area contributed by atoms with Crippen molar-refractivity contribution in [3.05, 3.63) is 53.1 Å². The molecule has 0 fully saturated rings. The molecule has 0 spiro atoms. The van der Waals surface area contributed by atoms with Gasteiger partial charge in [0.25, 0.3) is 0 Å². The Labute approximate surface area is 122 Å². The van der Waals surface area contributed by atoms with Crippen LogP contribution < -0.4 is 9.47 Å². The third-order valence-corrected chi connectivity index (χ3v) is 2.89. The number of nitriles is 1. The van der Waals surface area contributed by atoms with Crippen molar-refractivity contribution in [2.75, 3.05) is 7.11 Å². The molecule has 0 atom stereocenters. The van der Waals surface area contributed by atoms with Crippen LogP contribution in [0.1, 0.15) is 21.5 Å². The molecule has 0 bridgehead atoms. The van der Waals surface area contributed by atoms with Crippen molar-refractivity contribution >= 4 is 6.29 Å². The van der Waals surface area contributed by atoms with Crippen LogP contribution >= 0.6 is 0 Å². The molecule has 0 saturated heterocycles. The minimum absolute atomic E-state index is 0.103. The first kappa shape index (κ1) is 14.6. The number of aldehydes is 1. The van der Waals surface area contributed by atoms with Crippen molar-refractivity contribution in [2.24, 2.45) is 0 Å². The highest BCUT2D eigenvalue weighted by Gasteiger charge is 2.10. The fourth-order valence-corrected chi connectivity index (χ4v) is 1.81. The summed E-state index contributed by atoms with van der Waals surface area (Å²) >= 11 is 0. The van der Waals surface area contributed by atoms with Gasteiger partial charge in [-0.3, -0.25) is 4.79 Å². The van der Waals surface area contributed by atoms with Crippen LogP contribution in [0, 0.1) is 11.3 Å². The van der Waals surface area contributed by atoms with Gasteiger partial charge >= 0.3 is 0 Å². The maximum Gasteiger partial charge on any atom is 0.169 e. The first-order valence-electron chi connectivity index (χ1n) is 6.16. The third kappa shape index (κ3) is 3.19. The van der Waals surface area contributed by atoms with E-state index < -0.39 is 0 Å². The Kier molecular flexibility index (Phi) is 4.54. The lowest BCUT2D eigenvalue weighted by molar-refractivity contribution is 0.112. The van der Waals surface area contributed by atoms with Crippen LogP contribution in [0.15, 0.2) is 36.4 Å². The van der Waals surface area contributed by atoms with E-state index >= 15 is 0 Å². The minimum Gasteiger partial charge on any atom is -0.493 e. The second-order valence-electron chi connectivity index (χ2n) is 4.23.